The second-order valence-electron chi connectivity index (χ2n) is 17.2. The third-order valence-corrected chi connectivity index (χ3v) is 16.3. The molecule has 4 aliphatic heterocycles. The minimum absolute atomic E-state index is 0.0368. The number of hydrazine groups is 1. The van der Waals surface area contributed by atoms with Crippen molar-refractivity contribution < 1.29 is 59.2 Å². The van der Waals surface area contributed by atoms with Crippen LogP contribution in [0.25, 0.3) is 10.8 Å². The number of aliphatic hydroxyl groups is 4. The molecule has 11 atom stereocenters. The van der Waals surface area contributed by atoms with Crippen molar-refractivity contribution in [1.82, 2.24) is 10.9 Å². The van der Waals surface area contributed by atoms with Crippen LogP contribution in [0.15, 0.2) is 18.2 Å². The Hall–Kier alpha value is -2.22. The van der Waals surface area contributed by atoms with Gasteiger partial charge in [-0.3, -0.25) is 15.6 Å². The molecule has 0 aromatic heterocycles. The Morgan fingerprint density at radius 1 is 1.11 bits per heavy atom. The zero-order valence-corrected chi connectivity index (χ0v) is 33.5. The van der Waals surface area contributed by atoms with Gasteiger partial charge in [0.25, 0.3) is 0 Å². The molecule has 0 amide bonds. The number of carboxylic acid groups (broad SMARTS) is 1. The maximum Gasteiger partial charge on any atom is 0.335 e. The zero-order chi connectivity index (χ0) is 39.6. The van der Waals surface area contributed by atoms with Gasteiger partial charge in [-0.2, -0.15) is 0 Å². The van der Waals surface area contributed by atoms with Gasteiger partial charge in [0.15, 0.2) is 5.78 Å². The first-order valence-corrected chi connectivity index (χ1v) is 22.2. The molecule has 8 N–H and O–H groups in total. The number of aromatic hydroxyl groups is 1. The summed E-state index contributed by atoms with van der Waals surface area (Å²) in [6, 6.07) is 4.43. The van der Waals surface area contributed by atoms with Gasteiger partial charge >= 0.3 is 5.97 Å². The van der Waals surface area contributed by atoms with Gasteiger partial charge in [0.1, 0.15) is 41.4 Å². The number of carbonyl (C=O) groups is 2. The van der Waals surface area contributed by atoms with Crippen LogP contribution in [0.5, 0.6) is 11.5 Å². The predicted octanol–water partition coefficient (Wildman–Crippen LogP) is 3.66. The zero-order valence-electron chi connectivity index (χ0n) is 31.8. The fraction of sp³-hybridized carbons (Fsp3) is 0.700. The average molecular weight is 819 g/mol. The molecule has 56 heavy (non-hydrogen) atoms. The largest absolute Gasteiger partial charge is 0.506 e. The number of phenolic OH excluding ortho intramolecular Hbond substituents is 1. The van der Waals surface area contributed by atoms with Gasteiger partial charge in [-0.05, 0) is 106 Å². The van der Waals surface area contributed by atoms with Gasteiger partial charge in [-0.25, -0.2) is 4.79 Å². The van der Waals surface area contributed by atoms with Crippen LogP contribution in [0.2, 0.25) is 0 Å². The van der Waals surface area contributed by atoms with Crippen molar-refractivity contribution in [2.45, 2.75) is 113 Å². The first-order valence-electron chi connectivity index (χ1n) is 19.8. The topological polar surface area (TPSA) is 216 Å². The number of carbonyl (C=O) groups excluding carboxylic acids is 1. The summed E-state index contributed by atoms with van der Waals surface area (Å²) >= 11 is 0. The normalized spacial score (nSPS) is 39.7. The van der Waals surface area contributed by atoms with E-state index >= 15 is 0 Å². The fourth-order valence-corrected chi connectivity index (χ4v) is 14.3. The standard InChI is InChI=1S/C40H54N2O12S2/c1-21-11-23-12-24(35(49)50)13-26(30(23)31(46)29(21)22(2)45)53-36-32(47)34(48)40(28(15-44)54-36)9-8-39-17-37(6-3-5-27(37)41-42-39)14-25-16-51-18-38(33(25)39,7-4-10-43)19-55-56-20-52-40/h11-13,25,27-28,32-34,36,41-44,46-48H,3-10,14-20H2,1-2H3,(H,49,50)/t25-,27-,28+,32+,33-,34+,36+,37-,38-,39-,40+/m0/s1. The highest BCUT2D eigenvalue weighted by Crippen LogP contribution is 2.65. The number of rotatable bonds is 8. The molecule has 14 nitrogen and oxygen atoms in total. The molecule has 6 fully saturated rings. The highest BCUT2D eigenvalue weighted by molar-refractivity contribution is 8.76. The summed E-state index contributed by atoms with van der Waals surface area (Å²) in [4.78, 5) is 24.7. The van der Waals surface area contributed by atoms with Crippen LogP contribution in [0.3, 0.4) is 0 Å². The van der Waals surface area contributed by atoms with E-state index in [9.17, 15) is 40.2 Å². The number of phenols is 1. The summed E-state index contributed by atoms with van der Waals surface area (Å²) in [5.41, 5.74) is 5.71. The van der Waals surface area contributed by atoms with E-state index in [2.05, 4.69) is 10.9 Å². The third-order valence-electron chi connectivity index (χ3n) is 14.1. The number of aliphatic hydroxyl groups excluding tert-OH is 4. The number of Topliss-reactive ketones (excluding diaryl/α,β-unsaturated/α-hetero) is 1. The molecule has 3 spiro atoms. The summed E-state index contributed by atoms with van der Waals surface area (Å²) in [6.45, 7) is 3.67. The first kappa shape index (κ1) is 40.6. The van der Waals surface area contributed by atoms with Crippen molar-refractivity contribution in [2.24, 2.45) is 22.7 Å². The maximum atomic E-state index is 12.5. The number of hydrogen-bond donors (Lipinski definition) is 8. The Bertz CT molecular complexity index is 1850. The molecule has 4 saturated heterocycles. The molecule has 2 aromatic carbocycles. The summed E-state index contributed by atoms with van der Waals surface area (Å²) in [5, 5.41) is 66.8. The van der Waals surface area contributed by atoms with E-state index in [0.717, 1.165) is 44.3 Å². The average Bonchev–Trinajstić information content (AvgIpc) is 3.55. The number of aromatic carboxylic acids is 1. The van der Waals surface area contributed by atoms with Crippen LogP contribution in [0.1, 0.15) is 91.0 Å². The number of ketones is 1. The second-order valence-corrected chi connectivity index (χ2v) is 19.6. The lowest BCUT2D eigenvalue weighted by molar-refractivity contribution is -0.323. The lowest BCUT2D eigenvalue weighted by atomic mass is 9.46. The third kappa shape index (κ3) is 6.55. The molecule has 2 aromatic rings. The van der Waals surface area contributed by atoms with E-state index in [0.29, 0.717) is 37.7 Å². The SMILES string of the molecule is CC(=O)c1c(C)cc2cc(C(=O)O)cc(O[C@@H]3O[C@H](CO)[C@]4(CC[C@@]56C[C@]7(CCC[C@@H]7NN5)C[C@H]5COC[C@@](CCCO)(CSSCO4)[C@H]56)[C@H](O)[C@H]3O)c2c1O. The minimum atomic E-state index is -1.74. The van der Waals surface area contributed by atoms with Crippen molar-refractivity contribution in [1.29, 1.82) is 0 Å². The van der Waals surface area contributed by atoms with Gasteiger partial charge < -0.3 is 49.6 Å². The maximum absolute atomic E-state index is 12.5. The van der Waals surface area contributed by atoms with E-state index in [4.69, 9.17) is 18.9 Å². The van der Waals surface area contributed by atoms with E-state index in [-0.39, 0.29) is 69.3 Å². The van der Waals surface area contributed by atoms with Gasteiger partial charge in [-0.1, -0.05) is 34.1 Å². The highest BCUT2D eigenvalue weighted by Gasteiger charge is 2.67. The van der Waals surface area contributed by atoms with Crippen molar-refractivity contribution in [3.63, 3.8) is 0 Å². The van der Waals surface area contributed by atoms with Crippen molar-refractivity contribution in [3.05, 3.63) is 34.9 Å². The summed E-state index contributed by atoms with van der Waals surface area (Å²) in [6.07, 6.45) is 1.30. The molecular weight excluding hydrogens is 765 g/mol. The van der Waals surface area contributed by atoms with E-state index in [1.807, 2.05) is 0 Å². The number of hydrogen-bond acceptors (Lipinski definition) is 15. The lowest BCUT2D eigenvalue weighted by Gasteiger charge is -2.67. The highest BCUT2D eigenvalue weighted by atomic mass is 33.1. The number of aryl methyl sites for hydroxylation is 1. The van der Waals surface area contributed by atoms with E-state index in [1.165, 1.54) is 29.9 Å². The molecule has 2 aliphatic carbocycles. The molecule has 0 radical (unpaired) electrons. The summed E-state index contributed by atoms with van der Waals surface area (Å²) in [7, 11) is 3.14. The molecule has 308 valence electrons. The first-order chi connectivity index (χ1) is 26.8. The molecule has 0 unspecified atom stereocenters. The molecular formula is C40H54N2O12S2. The van der Waals surface area contributed by atoms with Crippen molar-refractivity contribution in [2.75, 3.05) is 38.1 Å². The molecule has 2 bridgehead atoms. The Kier molecular flexibility index (Phi) is 11.2. The van der Waals surface area contributed by atoms with E-state index < -0.39 is 59.9 Å². The summed E-state index contributed by atoms with van der Waals surface area (Å²) in [5.74, 6) is -0.940. The van der Waals surface area contributed by atoms with Gasteiger partial charge in [0.2, 0.25) is 6.29 Å². The molecule has 4 heterocycles. The van der Waals surface area contributed by atoms with Crippen LogP contribution in [0.4, 0.5) is 0 Å². The predicted molar refractivity (Wildman–Crippen MR) is 209 cm³/mol. The fourth-order valence-electron chi connectivity index (χ4n) is 12.0. The number of carboxylic acids is 1. The number of benzene rings is 2. The Labute approximate surface area is 333 Å². The molecule has 6 aliphatic rings. The van der Waals surface area contributed by atoms with Gasteiger partial charge in [0, 0.05) is 36.0 Å². The van der Waals surface area contributed by atoms with Crippen LogP contribution in [0, 0.1) is 29.6 Å². The van der Waals surface area contributed by atoms with Crippen LogP contribution >= 0.6 is 21.6 Å². The van der Waals surface area contributed by atoms with Crippen LogP contribution in [-0.2, 0) is 14.2 Å². The van der Waals surface area contributed by atoms with Crippen LogP contribution in [-0.4, -0.2) is 122 Å². The number of fused-ring (bicyclic) bond motifs is 1. The Morgan fingerprint density at radius 2 is 1.93 bits per heavy atom. The van der Waals surface area contributed by atoms with Gasteiger partial charge in [0.05, 0.1) is 29.7 Å². The summed E-state index contributed by atoms with van der Waals surface area (Å²) < 4.78 is 25.6. The monoisotopic (exact) mass is 818 g/mol. The van der Waals surface area contributed by atoms with Crippen LogP contribution < -0.4 is 15.6 Å². The van der Waals surface area contributed by atoms with Gasteiger partial charge in [-0.15, -0.1) is 0 Å². The smallest absolute Gasteiger partial charge is 0.335 e. The van der Waals surface area contributed by atoms with Crippen molar-refractivity contribution >= 4 is 44.1 Å². The van der Waals surface area contributed by atoms with Crippen molar-refractivity contribution in [3.8, 4) is 11.5 Å². The number of nitrogens with one attached hydrogen (secondary N) is 2. The number of ether oxygens (including phenoxy) is 4. The Morgan fingerprint density at radius 3 is 2.68 bits per heavy atom. The molecule has 16 heteroatoms. The Balaban J connectivity index is 1.16. The quantitative estimate of drug-likeness (QED) is 0.141. The molecule has 8 rings (SSSR count). The lowest BCUT2D eigenvalue weighted by Crippen LogP contribution is -2.77. The molecule has 2 saturated carbocycles. The minimum Gasteiger partial charge on any atom is -0.506 e. The van der Waals surface area contributed by atoms with E-state index in [1.54, 1.807) is 23.8 Å². The second kappa shape index (κ2) is 15.4.